The fourth-order valence-corrected chi connectivity index (χ4v) is 3.12. The van der Waals surface area contributed by atoms with E-state index in [9.17, 15) is 4.79 Å². The Morgan fingerprint density at radius 1 is 1.13 bits per heavy atom. The first-order valence-corrected chi connectivity index (χ1v) is 8.03. The number of amides is 1. The van der Waals surface area contributed by atoms with Crippen molar-refractivity contribution in [3.05, 3.63) is 29.3 Å². The van der Waals surface area contributed by atoms with E-state index in [-0.39, 0.29) is 30.7 Å². The molecule has 0 saturated carbocycles. The van der Waals surface area contributed by atoms with Crippen molar-refractivity contribution in [2.24, 2.45) is 11.8 Å². The molecule has 0 spiro atoms. The molecular weight excluding hydrogens is 357 g/mol. The van der Waals surface area contributed by atoms with Gasteiger partial charge in [-0.2, -0.15) is 0 Å². The van der Waals surface area contributed by atoms with Crippen LogP contribution in [0.1, 0.15) is 6.92 Å². The molecule has 1 aromatic carbocycles. The first-order chi connectivity index (χ1) is 10.1. The van der Waals surface area contributed by atoms with Crippen molar-refractivity contribution in [3.8, 4) is 0 Å². The van der Waals surface area contributed by atoms with E-state index in [0.717, 1.165) is 44.3 Å². The van der Waals surface area contributed by atoms with Crippen molar-refractivity contribution in [1.29, 1.82) is 0 Å². The zero-order valence-corrected chi connectivity index (χ0v) is 15.6. The predicted molar refractivity (Wildman–Crippen MR) is 100 cm³/mol. The van der Waals surface area contributed by atoms with Crippen LogP contribution in [0, 0.1) is 11.8 Å². The number of halogens is 3. The number of nitrogens with one attached hydrogen (secondary N) is 1. The van der Waals surface area contributed by atoms with Crippen molar-refractivity contribution >= 4 is 48.0 Å². The third kappa shape index (κ3) is 4.66. The van der Waals surface area contributed by atoms with Crippen LogP contribution in [0.25, 0.3) is 0 Å². The number of hydrogen-bond donors (Lipinski definition) is 1. The maximum atomic E-state index is 12.5. The lowest BCUT2D eigenvalue weighted by molar-refractivity contribution is -0.137. The molecular formula is C16H24Cl3N3O. The number of piperazine rings is 1. The molecule has 7 heteroatoms. The highest BCUT2D eigenvalue weighted by Crippen LogP contribution is 2.22. The Balaban J connectivity index is 0.00000132. The van der Waals surface area contributed by atoms with Gasteiger partial charge in [0.15, 0.2) is 0 Å². The molecule has 0 radical (unpaired) electrons. The van der Waals surface area contributed by atoms with Gasteiger partial charge in [-0.15, -0.1) is 24.8 Å². The number of benzene rings is 1. The van der Waals surface area contributed by atoms with Gasteiger partial charge < -0.3 is 15.1 Å². The molecule has 1 aromatic rings. The van der Waals surface area contributed by atoms with Gasteiger partial charge in [-0.25, -0.2) is 0 Å². The quantitative estimate of drug-likeness (QED) is 0.876. The minimum absolute atomic E-state index is 0. The van der Waals surface area contributed by atoms with E-state index in [2.05, 4.69) is 17.1 Å². The Bertz CT molecular complexity index is 500. The van der Waals surface area contributed by atoms with Crippen molar-refractivity contribution in [2.45, 2.75) is 6.92 Å². The molecule has 4 nitrogen and oxygen atoms in total. The number of anilines is 1. The minimum Gasteiger partial charge on any atom is -0.368 e. The molecule has 1 N–H and O–H groups in total. The molecule has 3 rings (SSSR count). The summed E-state index contributed by atoms with van der Waals surface area (Å²) >= 11 is 5.92. The monoisotopic (exact) mass is 379 g/mol. The lowest BCUT2D eigenvalue weighted by Gasteiger charge is -2.40. The largest absolute Gasteiger partial charge is 0.368 e. The van der Waals surface area contributed by atoms with E-state index in [1.54, 1.807) is 0 Å². The summed E-state index contributed by atoms with van der Waals surface area (Å²) in [4.78, 5) is 16.8. The van der Waals surface area contributed by atoms with Crippen LogP contribution >= 0.6 is 36.4 Å². The second kappa shape index (κ2) is 8.97. The van der Waals surface area contributed by atoms with E-state index in [1.165, 1.54) is 5.69 Å². The first kappa shape index (κ1) is 20.4. The zero-order chi connectivity index (χ0) is 14.8. The average molecular weight is 381 g/mol. The second-order valence-electron chi connectivity index (χ2n) is 6.00. The Morgan fingerprint density at radius 2 is 1.70 bits per heavy atom. The van der Waals surface area contributed by atoms with Crippen LogP contribution in [0.5, 0.6) is 0 Å². The van der Waals surface area contributed by atoms with Gasteiger partial charge in [0.05, 0.1) is 0 Å². The normalized spacial score (nSPS) is 19.2. The minimum atomic E-state index is 0. The SMILES string of the molecule is CC(C(=O)N1CCN(c2ccc(Cl)cc2)CC1)C1CNC1.Cl.Cl. The van der Waals surface area contributed by atoms with E-state index in [1.807, 2.05) is 29.2 Å². The van der Waals surface area contributed by atoms with Crippen LogP contribution in [-0.2, 0) is 4.79 Å². The van der Waals surface area contributed by atoms with Gasteiger partial charge in [-0.3, -0.25) is 4.79 Å². The number of hydrogen-bond acceptors (Lipinski definition) is 3. The van der Waals surface area contributed by atoms with Gasteiger partial charge in [0.1, 0.15) is 0 Å². The molecule has 2 fully saturated rings. The Morgan fingerprint density at radius 3 is 2.17 bits per heavy atom. The smallest absolute Gasteiger partial charge is 0.225 e. The number of carbonyl (C=O) groups is 1. The lowest BCUT2D eigenvalue weighted by Crippen LogP contribution is -2.54. The topological polar surface area (TPSA) is 35.6 Å². The predicted octanol–water partition coefficient (Wildman–Crippen LogP) is 2.69. The molecule has 0 bridgehead atoms. The highest BCUT2D eigenvalue weighted by molar-refractivity contribution is 6.30. The third-order valence-corrected chi connectivity index (χ3v) is 4.94. The van der Waals surface area contributed by atoms with Crippen LogP contribution in [0.3, 0.4) is 0 Å². The molecule has 0 aliphatic carbocycles. The Hall–Kier alpha value is -0.680. The van der Waals surface area contributed by atoms with E-state index in [0.29, 0.717) is 11.8 Å². The van der Waals surface area contributed by atoms with Gasteiger partial charge in [0, 0.05) is 42.8 Å². The third-order valence-electron chi connectivity index (χ3n) is 4.69. The summed E-state index contributed by atoms with van der Waals surface area (Å²) in [5, 5.41) is 4.00. The second-order valence-corrected chi connectivity index (χ2v) is 6.43. The molecule has 2 aliphatic heterocycles. The number of nitrogens with zero attached hydrogens (tertiary/aromatic N) is 2. The van der Waals surface area contributed by atoms with Crippen molar-refractivity contribution in [3.63, 3.8) is 0 Å². The summed E-state index contributed by atoms with van der Waals surface area (Å²) in [5.74, 6) is 0.984. The maximum Gasteiger partial charge on any atom is 0.225 e. The maximum absolute atomic E-state index is 12.5. The highest BCUT2D eigenvalue weighted by atomic mass is 35.5. The summed E-state index contributed by atoms with van der Waals surface area (Å²) in [6.45, 7) is 7.44. The number of carbonyl (C=O) groups excluding carboxylic acids is 1. The van der Waals surface area contributed by atoms with E-state index in [4.69, 9.17) is 11.6 Å². The van der Waals surface area contributed by atoms with Gasteiger partial charge in [0.2, 0.25) is 5.91 Å². The molecule has 1 atom stereocenters. The van der Waals surface area contributed by atoms with Gasteiger partial charge in [0.25, 0.3) is 0 Å². The average Bonchev–Trinajstić information content (AvgIpc) is 2.46. The van der Waals surface area contributed by atoms with Gasteiger partial charge in [-0.1, -0.05) is 18.5 Å². The summed E-state index contributed by atoms with van der Waals surface area (Å²) < 4.78 is 0. The molecule has 1 unspecified atom stereocenters. The molecule has 0 aromatic heterocycles. The van der Waals surface area contributed by atoms with Crippen LogP contribution in [-0.4, -0.2) is 50.1 Å². The number of rotatable bonds is 3. The fraction of sp³-hybridized carbons (Fsp3) is 0.562. The standard InChI is InChI=1S/C16H22ClN3O.2ClH/c1-12(13-10-18-11-13)16(21)20-8-6-19(7-9-20)15-4-2-14(17)3-5-15;;/h2-5,12-13,18H,6-11H2,1H3;2*1H. The van der Waals surface area contributed by atoms with E-state index < -0.39 is 0 Å². The van der Waals surface area contributed by atoms with Crippen molar-refractivity contribution < 1.29 is 4.79 Å². The highest BCUT2D eigenvalue weighted by Gasteiger charge is 2.32. The van der Waals surface area contributed by atoms with E-state index >= 15 is 0 Å². The van der Waals surface area contributed by atoms with Crippen molar-refractivity contribution in [2.75, 3.05) is 44.2 Å². The van der Waals surface area contributed by atoms with Gasteiger partial charge in [-0.05, 0) is 43.3 Å². The molecule has 130 valence electrons. The zero-order valence-electron chi connectivity index (χ0n) is 13.2. The fourth-order valence-electron chi connectivity index (χ4n) is 2.99. The van der Waals surface area contributed by atoms with Gasteiger partial charge >= 0.3 is 0 Å². The summed E-state index contributed by atoms with van der Waals surface area (Å²) in [6, 6.07) is 7.92. The summed E-state index contributed by atoms with van der Waals surface area (Å²) in [5.41, 5.74) is 1.18. The Labute approximate surface area is 155 Å². The summed E-state index contributed by atoms with van der Waals surface area (Å²) in [7, 11) is 0. The summed E-state index contributed by atoms with van der Waals surface area (Å²) in [6.07, 6.45) is 0. The van der Waals surface area contributed by atoms with Crippen LogP contribution in [0.15, 0.2) is 24.3 Å². The molecule has 2 saturated heterocycles. The van der Waals surface area contributed by atoms with Crippen LogP contribution in [0.4, 0.5) is 5.69 Å². The molecule has 2 heterocycles. The van der Waals surface area contributed by atoms with Crippen molar-refractivity contribution in [1.82, 2.24) is 10.2 Å². The molecule has 23 heavy (non-hydrogen) atoms. The Kier molecular flexibility index (Phi) is 7.95. The lowest BCUT2D eigenvalue weighted by atomic mass is 9.88. The first-order valence-electron chi connectivity index (χ1n) is 7.65. The van der Waals surface area contributed by atoms with Crippen LogP contribution < -0.4 is 10.2 Å². The molecule has 1 amide bonds. The van der Waals surface area contributed by atoms with Crippen LogP contribution in [0.2, 0.25) is 5.02 Å². The molecule has 2 aliphatic rings.